The molecule has 0 bridgehead atoms. The van der Waals surface area contributed by atoms with E-state index in [2.05, 4.69) is 0 Å². The van der Waals surface area contributed by atoms with E-state index in [-0.39, 0.29) is 12.3 Å². The van der Waals surface area contributed by atoms with Crippen LogP contribution in [-0.2, 0) is 4.79 Å². The zero-order valence-corrected chi connectivity index (χ0v) is 12.9. The van der Waals surface area contributed by atoms with Gasteiger partial charge in [-0.05, 0) is 49.8 Å². The van der Waals surface area contributed by atoms with Crippen molar-refractivity contribution in [3.8, 4) is 0 Å². The molecule has 1 aromatic rings. The van der Waals surface area contributed by atoms with Crippen molar-refractivity contribution in [2.45, 2.75) is 32.6 Å². The Balaban J connectivity index is 1.94. The Kier molecular flexibility index (Phi) is 5.23. The van der Waals surface area contributed by atoms with E-state index in [1.165, 1.54) is 0 Å². The molecule has 0 aromatic heterocycles. The lowest BCUT2D eigenvalue weighted by Gasteiger charge is -2.32. The van der Waals surface area contributed by atoms with Crippen LogP contribution in [0.15, 0.2) is 18.2 Å². The number of rotatable bonds is 4. The van der Waals surface area contributed by atoms with Crippen LogP contribution in [0, 0.1) is 12.8 Å². The highest BCUT2D eigenvalue weighted by Crippen LogP contribution is 2.25. The van der Waals surface area contributed by atoms with Crippen LogP contribution in [0.4, 0.5) is 0 Å². The minimum atomic E-state index is -0.747. The summed E-state index contributed by atoms with van der Waals surface area (Å²) in [5, 5.41) is 9.32. The normalized spacial score (nSPS) is 16.0. The first kappa shape index (κ1) is 15.8. The lowest BCUT2D eigenvalue weighted by atomic mass is 9.91. The van der Waals surface area contributed by atoms with Gasteiger partial charge < -0.3 is 10.0 Å². The Hall–Kier alpha value is -1.55. The van der Waals surface area contributed by atoms with Gasteiger partial charge in [-0.1, -0.05) is 17.7 Å². The summed E-state index contributed by atoms with van der Waals surface area (Å²) < 4.78 is 0. The molecule has 1 aromatic carbocycles. The van der Waals surface area contributed by atoms with E-state index in [0.717, 1.165) is 18.4 Å². The van der Waals surface area contributed by atoms with E-state index in [1.54, 1.807) is 18.2 Å². The molecule has 2 rings (SSSR count). The lowest BCUT2D eigenvalue weighted by Crippen LogP contribution is -2.38. The van der Waals surface area contributed by atoms with Crippen molar-refractivity contribution in [2.24, 2.45) is 5.92 Å². The predicted octanol–water partition coefficient (Wildman–Crippen LogP) is 3.37. The number of aliphatic carboxylic acids is 1. The molecule has 114 valence electrons. The second-order valence-corrected chi connectivity index (χ2v) is 5.99. The fourth-order valence-corrected chi connectivity index (χ4v) is 2.94. The summed E-state index contributed by atoms with van der Waals surface area (Å²) in [4.78, 5) is 25.0. The van der Waals surface area contributed by atoms with Gasteiger partial charge in [0.1, 0.15) is 0 Å². The van der Waals surface area contributed by atoms with E-state index in [9.17, 15) is 9.59 Å². The Labute approximate surface area is 129 Å². The molecule has 21 heavy (non-hydrogen) atoms. The molecule has 4 nitrogen and oxygen atoms in total. The number of hydrogen-bond donors (Lipinski definition) is 1. The first-order chi connectivity index (χ1) is 9.99. The third-order valence-electron chi connectivity index (χ3n) is 4.17. The smallest absolute Gasteiger partial charge is 0.303 e. The predicted molar refractivity (Wildman–Crippen MR) is 81.7 cm³/mol. The highest BCUT2D eigenvalue weighted by Gasteiger charge is 2.25. The Morgan fingerprint density at radius 1 is 1.33 bits per heavy atom. The fraction of sp³-hybridized carbons (Fsp3) is 0.500. The summed E-state index contributed by atoms with van der Waals surface area (Å²) in [6.07, 6.45) is 2.66. The number of carboxylic acid groups (broad SMARTS) is 1. The van der Waals surface area contributed by atoms with Crippen molar-refractivity contribution in [1.82, 2.24) is 4.90 Å². The summed E-state index contributed by atoms with van der Waals surface area (Å²) in [5.74, 6) is -0.319. The second-order valence-electron chi connectivity index (χ2n) is 5.58. The van der Waals surface area contributed by atoms with Gasteiger partial charge in [0.25, 0.3) is 5.91 Å². The third-order valence-corrected chi connectivity index (χ3v) is 4.58. The molecule has 1 heterocycles. The maximum atomic E-state index is 12.5. The lowest BCUT2D eigenvalue weighted by molar-refractivity contribution is -0.137. The first-order valence-corrected chi connectivity index (χ1v) is 7.63. The summed E-state index contributed by atoms with van der Waals surface area (Å²) in [7, 11) is 0. The van der Waals surface area contributed by atoms with E-state index in [4.69, 9.17) is 16.7 Å². The molecular formula is C16H20ClNO3. The van der Waals surface area contributed by atoms with Gasteiger partial charge in [0.2, 0.25) is 0 Å². The molecule has 1 aliphatic rings. The van der Waals surface area contributed by atoms with E-state index in [1.807, 2.05) is 11.8 Å². The first-order valence-electron chi connectivity index (χ1n) is 7.25. The number of nitrogens with zero attached hydrogens (tertiary/aromatic N) is 1. The van der Waals surface area contributed by atoms with Crippen molar-refractivity contribution in [1.29, 1.82) is 0 Å². The van der Waals surface area contributed by atoms with Gasteiger partial charge in [-0.2, -0.15) is 0 Å². The number of likely N-dealkylation sites (tertiary alicyclic amines) is 1. The SMILES string of the molecule is Cc1c(Cl)cccc1C(=O)N1CCC(CCC(=O)O)CC1. The van der Waals surface area contributed by atoms with Crippen molar-refractivity contribution >= 4 is 23.5 Å². The molecule has 0 aliphatic carbocycles. The maximum absolute atomic E-state index is 12.5. The van der Waals surface area contributed by atoms with Gasteiger partial charge in [0.15, 0.2) is 0 Å². The van der Waals surface area contributed by atoms with Crippen LogP contribution >= 0.6 is 11.6 Å². The van der Waals surface area contributed by atoms with Crippen LogP contribution in [0.5, 0.6) is 0 Å². The number of piperidine rings is 1. The Morgan fingerprint density at radius 2 is 2.00 bits per heavy atom. The topological polar surface area (TPSA) is 57.6 Å². The van der Waals surface area contributed by atoms with Crippen LogP contribution in [0.3, 0.4) is 0 Å². The van der Waals surface area contributed by atoms with E-state index in [0.29, 0.717) is 36.0 Å². The molecule has 1 saturated heterocycles. The molecule has 0 spiro atoms. The molecule has 0 saturated carbocycles. The number of halogens is 1. The summed E-state index contributed by atoms with van der Waals surface area (Å²) in [5.41, 5.74) is 1.48. The number of carbonyl (C=O) groups excluding carboxylic acids is 1. The zero-order chi connectivity index (χ0) is 15.4. The van der Waals surface area contributed by atoms with Gasteiger partial charge >= 0.3 is 5.97 Å². The number of carboxylic acids is 1. The minimum Gasteiger partial charge on any atom is -0.481 e. The molecule has 1 fully saturated rings. The van der Waals surface area contributed by atoms with Gasteiger partial charge in [0.05, 0.1) is 0 Å². The van der Waals surface area contributed by atoms with Crippen LogP contribution in [0.2, 0.25) is 5.02 Å². The van der Waals surface area contributed by atoms with Gasteiger partial charge in [-0.25, -0.2) is 0 Å². The van der Waals surface area contributed by atoms with E-state index >= 15 is 0 Å². The number of benzene rings is 1. The van der Waals surface area contributed by atoms with Gasteiger partial charge in [-0.3, -0.25) is 9.59 Å². The monoisotopic (exact) mass is 309 g/mol. The zero-order valence-electron chi connectivity index (χ0n) is 12.1. The standard InChI is InChI=1S/C16H20ClNO3/c1-11-13(3-2-4-14(11)17)16(21)18-9-7-12(8-10-18)5-6-15(19)20/h2-4,12H,5-10H2,1H3,(H,19,20). The highest BCUT2D eigenvalue weighted by atomic mass is 35.5. The van der Waals surface area contributed by atoms with Gasteiger partial charge in [-0.15, -0.1) is 0 Å². The molecule has 1 N–H and O–H groups in total. The minimum absolute atomic E-state index is 0.0201. The van der Waals surface area contributed by atoms with Gasteiger partial charge in [0, 0.05) is 30.1 Å². The highest BCUT2D eigenvalue weighted by molar-refractivity contribution is 6.31. The number of amides is 1. The average molecular weight is 310 g/mol. The van der Waals surface area contributed by atoms with Crippen molar-refractivity contribution in [2.75, 3.05) is 13.1 Å². The van der Waals surface area contributed by atoms with Crippen LogP contribution < -0.4 is 0 Å². The van der Waals surface area contributed by atoms with Crippen molar-refractivity contribution in [3.05, 3.63) is 34.3 Å². The fourth-order valence-electron chi connectivity index (χ4n) is 2.76. The molecule has 0 atom stereocenters. The molecule has 0 radical (unpaired) electrons. The molecule has 0 unspecified atom stereocenters. The molecule has 1 aliphatic heterocycles. The number of hydrogen-bond acceptors (Lipinski definition) is 2. The quantitative estimate of drug-likeness (QED) is 0.927. The van der Waals surface area contributed by atoms with Crippen molar-refractivity contribution in [3.63, 3.8) is 0 Å². The van der Waals surface area contributed by atoms with E-state index < -0.39 is 5.97 Å². The Morgan fingerprint density at radius 3 is 2.62 bits per heavy atom. The van der Waals surface area contributed by atoms with Crippen LogP contribution in [0.25, 0.3) is 0 Å². The summed E-state index contributed by atoms with van der Waals surface area (Å²) in [6.45, 7) is 3.24. The largest absolute Gasteiger partial charge is 0.481 e. The molecule has 5 heteroatoms. The van der Waals surface area contributed by atoms with Crippen LogP contribution in [0.1, 0.15) is 41.6 Å². The maximum Gasteiger partial charge on any atom is 0.303 e. The third kappa shape index (κ3) is 3.97. The molecule has 1 amide bonds. The average Bonchev–Trinajstić information content (AvgIpc) is 2.48. The second kappa shape index (κ2) is 6.94. The summed E-state index contributed by atoms with van der Waals surface area (Å²) >= 11 is 6.06. The number of carbonyl (C=O) groups is 2. The molecular weight excluding hydrogens is 290 g/mol. The van der Waals surface area contributed by atoms with Crippen molar-refractivity contribution < 1.29 is 14.7 Å². The van der Waals surface area contributed by atoms with Crippen LogP contribution in [-0.4, -0.2) is 35.0 Å². The Bertz CT molecular complexity index is 536. The summed E-state index contributed by atoms with van der Waals surface area (Å²) in [6, 6.07) is 5.38.